The molecule has 2 aromatic carbocycles. The van der Waals surface area contributed by atoms with E-state index < -0.39 is 6.10 Å². The zero-order valence-corrected chi connectivity index (χ0v) is 13.4. The van der Waals surface area contributed by atoms with E-state index in [1.54, 1.807) is 0 Å². The summed E-state index contributed by atoms with van der Waals surface area (Å²) < 4.78 is 33.1. The Kier molecular flexibility index (Phi) is 5.56. The number of hydrogen-bond acceptors (Lipinski definition) is 3. The minimum atomic E-state index is -0.660. The second-order valence-electron chi connectivity index (χ2n) is 6.13. The first-order valence-electron chi connectivity index (χ1n) is 8.11. The summed E-state index contributed by atoms with van der Waals surface area (Å²) in [5.41, 5.74) is 1.91. The standard InChI is InChI=1S/C19H21F2NO2/c20-18-6-7-19(21)17-11-22(9-8-16(17)18)10-15(23)13-24-12-14-4-2-1-3-5-14/h1-7,15,23H,8-13H2. The molecule has 0 saturated carbocycles. The molecule has 1 aliphatic heterocycles. The maximum absolute atomic E-state index is 13.9. The number of nitrogens with zero attached hydrogens (tertiary/aromatic N) is 1. The van der Waals surface area contributed by atoms with E-state index in [0.29, 0.717) is 43.8 Å². The summed E-state index contributed by atoms with van der Waals surface area (Å²) in [6.45, 7) is 1.95. The molecule has 1 N–H and O–H groups in total. The van der Waals surface area contributed by atoms with Crippen molar-refractivity contribution in [3.8, 4) is 0 Å². The van der Waals surface area contributed by atoms with Crippen molar-refractivity contribution in [3.05, 3.63) is 70.8 Å². The van der Waals surface area contributed by atoms with Gasteiger partial charge in [-0.1, -0.05) is 30.3 Å². The molecule has 0 amide bonds. The van der Waals surface area contributed by atoms with Crippen molar-refractivity contribution in [3.63, 3.8) is 0 Å². The molecule has 5 heteroatoms. The summed E-state index contributed by atoms with van der Waals surface area (Å²) in [4.78, 5) is 1.93. The van der Waals surface area contributed by atoms with Crippen molar-refractivity contribution in [2.24, 2.45) is 0 Å². The number of halogens is 2. The van der Waals surface area contributed by atoms with Crippen molar-refractivity contribution < 1.29 is 18.6 Å². The predicted molar refractivity (Wildman–Crippen MR) is 87.4 cm³/mol. The molecular weight excluding hydrogens is 312 g/mol. The Morgan fingerprint density at radius 3 is 2.50 bits per heavy atom. The van der Waals surface area contributed by atoms with Crippen molar-refractivity contribution in [1.82, 2.24) is 4.90 Å². The summed E-state index contributed by atoms with van der Waals surface area (Å²) in [5.74, 6) is -0.733. The molecule has 3 nitrogen and oxygen atoms in total. The number of fused-ring (bicyclic) bond motifs is 1. The Morgan fingerprint density at radius 2 is 1.75 bits per heavy atom. The first-order chi connectivity index (χ1) is 11.6. The molecular formula is C19H21F2NO2. The van der Waals surface area contributed by atoms with E-state index in [0.717, 1.165) is 11.6 Å². The van der Waals surface area contributed by atoms with Crippen LogP contribution in [0.3, 0.4) is 0 Å². The molecule has 0 bridgehead atoms. The second-order valence-corrected chi connectivity index (χ2v) is 6.13. The van der Waals surface area contributed by atoms with Gasteiger partial charge in [-0.2, -0.15) is 0 Å². The summed E-state index contributed by atoms with van der Waals surface area (Å²) in [6.07, 6.45) is -0.205. The molecule has 128 valence electrons. The van der Waals surface area contributed by atoms with Crippen LogP contribution in [-0.4, -0.2) is 35.8 Å². The lowest BCUT2D eigenvalue weighted by Gasteiger charge is -2.30. The molecule has 0 radical (unpaired) electrons. The predicted octanol–water partition coefficient (Wildman–Crippen LogP) is 2.90. The van der Waals surface area contributed by atoms with Crippen molar-refractivity contribution in [1.29, 1.82) is 0 Å². The van der Waals surface area contributed by atoms with Gasteiger partial charge in [-0.25, -0.2) is 8.78 Å². The zero-order valence-electron chi connectivity index (χ0n) is 13.4. The van der Waals surface area contributed by atoms with Gasteiger partial charge in [0.25, 0.3) is 0 Å². The minimum absolute atomic E-state index is 0.212. The molecule has 1 aliphatic rings. The largest absolute Gasteiger partial charge is 0.389 e. The summed E-state index contributed by atoms with van der Waals surface area (Å²) in [7, 11) is 0. The Bertz CT molecular complexity index is 679. The van der Waals surface area contributed by atoms with Gasteiger partial charge in [-0.15, -0.1) is 0 Å². The van der Waals surface area contributed by atoms with E-state index in [2.05, 4.69) is 0 Å². The highest BCUT2D eigenvalue weighted by molar-refractivity contribution is 5.32. The number of aliphatic hydroxyl groups excluding tert-OH is 1. The van der Waals surface area contributed by atoms with Crippen LogP contribution in [0.5, 0.6) is 0 Å². The van der Waals surface area contributed by atoms with Crippen LogP contribution in [0, 0.1) is 11.6 Å². The van der Waals surface area contributed by atoms with Gasteiger partial charge in [-0.3, -0.25) is 4.90 Å². The van der Waals surface area contributed by atoms with E-state index in [4.69, 9.17) is 4.74 Å². The molecule has 3 rings (SSSR count). The molecule has 24 heavy (non-hydrogen) atoms. The fourth-order valence-corrected chi connectivity index (χ4v) is 3.04. The fourth-order valence-electron chi connectivity index (χ4n) is 3.04. The molecule has 1 heterocycles. The third-order valence-electron chi connectivity index (χ3n) is 4.27. The molecule has 0 fully saturated rings. The summed E-state index contributed by atoms with van der Waals surface area (Å²) in [6, 6.07) is 12.1. The van der Waals surface area contributed by atoms with Gasteiger partial charge in [0, 0.05) is 25.2 Å². The van der Waals surface area contributed by atoms with Crippen LogP contribution in [-0.2, 0) is 24.3 Å². The molecule has 1 atom stereocenters. The van der Waals surface area contributed by atoms with E-state index in [9.17, 15) is 13.9 Å². The van der Waals surface area contributed by atoms with Gasteiger partial charge in [0.2, 0.25) is 0 Å². The number of aliphatic hydroxyl groups is 1. The quantitative estimate of drug-likeness (QED) is 0.882. The van der Waals surface area contributed by atoms with Crippen LogP contribution < -0.4 is 0 Å². The Labute approximate surface area is 140 Å². The summed E-state index contributed by atoms with van der Waals surface area (Å²) >= 11 is 0. The maximum atomic E-state index is 13.9. The first kappa shape index (κ1) is 17.0. The summed E-state index contributed by atoms with van der Waals surface area (Å²) in [5, 5.41) is 10.1. The average Bonchev–Trinajstić information content (AvgIpc) is 2.59. The van der Waals surface area contributed by atoms with Crippen molar-refractivity contribution >= 4 is 0 Å². The molecule has 0 saturated heterocycles. The van der Waals surface area contributed by atoms with Crippen LogP contribution in [0.2, 0.25) is 0 Å². The number of ether oxygens (including phenoxy) is 1. The van der Waals surface area contributed by atoms with Gasteiger partial charge in [0.15, 0.2) is 0 Å². The van der Waals surface area contributed by atoms with Gasteiger partial charge in [0.05, 0.1) is 19.3 Å². The van der Waals surface area contributed by atoms with Crippen molar-refractivity contribution in [2.45, 2.75) is 25.7 Å². The number of benzene rings is 2. The molecule has 2 aromatic rings. The SMILES string of the molecule is OC(COCc1ccccc1)CN1CCc2c(F)ccc(F)c2C1. The lowest BCUT2D eigenvalue weighted by atomic mass is 9.98. The maximum Gasteiger partial charge on any atom is 0.128 e. The van der Waals surface area contributed by atoms with Gasteiger partial charge in [-0.05, 0) is 29.7 Å². The normalized spacial score (nSPS) is 16.0. The lowest BCUT2D eigenvalue weighted by Crippen LogP contribution is -2.39. The first-order valence-corrected chi connectivity index (χ1v) is 8.11. The van der Waals surface area contributed by atoms with Gasteiger partial charge >= 0.3 is 0 Å². The third-order valence-corrected chi connectivity index (χ3v) is 4.27. The third kappa shape index (κ3) is 4.17. The van der Waals surface area contributed by atoms with Gasteiger partial charge < -0.3 is 9.84 Å². The number of rotatable bonds is 6. The Morgan fingerprint density at radius 1 is 1.04 bits per heavy atom. The molecule has 0 aliphatic carbocycles. The number of hydrogen-bond donors (Lipinski definition) is 1. The molecule has 0 aromatic heterocycles. The highest BCUT2D eigenvalue weighted by Gasteiger charge is 2.23. The Balaban J connectivity index is 1.49. The van der Waals surface area contributed by atoms with Crippen molar-refractivity contribution in [2.75, 3.05) is 19.7 Å². The topological polar surface area (TPSA) is 32.7 Å². The second kappa shape index (κ2) is 7.83. The van der Waals surface area contributed by atoms with E-state index >= 15 is 0 Å². The van der Waals surface area contributed by atoms with Crippen LogP contribution in [0.1, 0.15) is 16.7 Å². The zero-order chi connectivity index (χ0) is 16.9. The van der Waals surface area contributed by atoms with Crippen LogP contribution in [0.4, 0.5) is 8.78 Å². The average molecular weight is 333 g/mol. The van der Waals surface area contributed by atoms with Crippen LogP contribution >= 0.6 is 0 Å². The molecule has 0 spiro atoms. The van der Waals surface area contributed by atoms with E-state index in [-0.39, 0.29) is 18.2 Å². The highest BCUT2D eigenvalue weighted by Crippen LogP contribution is 2.24. The minimum Gasteiger partial charge on any atom is -0.389 e. The van der Waals surface area contributed by atoms with E-state index in [1.807, 2.05) is 35.2 Å². The monoisotopic (exact) mass is 333 g/mol. The fraction of sp³-hybridized carbons (Fsp3) is 0.368. The van der Waals surface area contributed by atoms with Gasteiger partial charge in [0.1, 0.15) is 11.6 Å². The highest BCUT2D eigenvalue weighted by atomic mass is 19.1. The van der Waals surface area contributed by atoms with Crippen LogP contribution in [0.15, 0.2) is 42.5 Å². The lowest BCUT2D eigenvalue weighted by molar-refractivity contribution is 0.00746. The van der Waals surface area contributed by atoms with E-state index in [1.165, 1.54) is 6.07 Å². The van der Waals surface area contributed by atoms with Crippen LogP contribution in [0.25, 0.3) is 0 Å². The Hall–Kier alpha value is -1.82. The number of β-amino-alcohol motifs (C(OH)–C–C–N with tert-alkyl or cyclic N) is 1. The molecule has 1 unspecified atom stereocenters. The smallest absolute Gasteiger partial charge is 0.128 e.